The minimum atomic E-state index is -5.14. The second kappa shape index (κ2) is 8.61. The van der Waals surface area contributed by atoms with Gasteiger partial charge in [-0.1, -0.05) is 0 Å². The van der Waals surface area contributed by atoms with E-state index in [0.717, 1.165) is 0 Å². The Morgan fingerprint density at radius 3 is 1.38 bits per heavy atom. The molecule has 0 unspecified atom stereocenters. The molecule has 0 aliphatic rings. The molecule has 0 spiro atoms. The Labute approximate surface area is 87.0 Å². The van der Waals surface area contributed by atoms with Crippen LogP contribution >= 0.6 is 7.82 Å². The Kier molecular flexibility index (Phi) is 24.4. The van der Waals surface area contributed by atoms with Crippen molar-refractivity contribution in [3.63, 3.8) is 0 Å². The Morgan fingerprint density at radius 2 is 1.38 bits per heavy atom. The van der Waals surface area contributed by atoms with Gasteiger partial charge in [0.1, 0.15) is 0 Å². The molecular weight excluding hydrogens is 277 g/mol. The van der Waals surface area contributed by atoms with E-state index in [-0.39, 0.29) is 61.0 Å². The van der Waals surface area contributed by atoms with Crippen molar-refractivity contribution in [1.82, 2.24) is 6.15 Å². The summed E-state index contributed by atoms with van der Waals surface area (Å²) in [5, 5.41) is 0. The molecule has 0 atom stereocenters. The zero-order chi connectivity index (χ0) is 4.50. The Balaban J connectivity index is -0.0000000267. The minimum Gasteiger partial charge on any atom is -2.00 e. The molecule has 0 saturated heterocycles. The van der Waals surface area contributed by atoms with Gasteiger partial charge in [0.15, 0.2) is 0 Å². The van der Waals surface area contributed by atoms with Gasteiger partial charge in [0.2, 0.25) is 0 Å². The van der Waals surface area contributed by atoms with Crippen LogP contribution in [0.2, 0.25) is 0 Å². The van der Waals surface area contributed by atoms with Crippen LogP contribution in [0.15, 0.2) is 0 Å². The average Bonchev–Trinajstić information content (AvgIpc) is 0.722. The van der Waals surface area contributed by atoms with E-state index in [1.54, 1.807) is 0 Å². The molecule has 6 nitrogen and oxygen atoms in total. The minimum absolute atomic E-state index is 0. The van der Waals surface area contributed by atoms with Crippen LogP contribution in [0.3, 0.4) is 0 Å². The summed E-state index contributed by atoms with van der Waals surface area (Å²) < 4.78 is 8.66. The van der Waals surface area contributed by atoms with Crippen molar-refractivity contribution in [2.24, 2.45) is 0 Å². The summed E-state index contributed by atoms with van der Waals surface area (Å²) in [6.07, 6.45) is 0. The van der Waals surface area contributed by atoms with Crippen LogP contribution in [0.5, 0.6) is 0 Å². The Bertz CT molecular complexity index is 58.6. The first-order chi connectivity index (χ1) is 2.00. The molecule has 0 aliphatic heterocycles. The maximum atomic E-state index is 8.66. The largest absolute Gasteiger partial charge is 3.00 e. The predicted molar refractivity (Wildman–Crippen MR) is 16.5 cm³/mol. The number of hydrogen-bond acceptors (Lipinski definition) is 3. The first kappa shape index (κ1) is 22.6. The van der Waals surface area contributed by atoms with Crippen LogP contribution in [0.4, 0.5) is 0 Å². The topological polar surface area (TPSA) is 148 Å². The molecule has 0 radical (unpaired) electrons. The normalized spacial score (nSPS) is 7.38. The summed E-state index contributed by atoms with van der Waals surface area (Å²) in [6.45, 7) is 0. The molecular formula is H5EuNO5P. The van der Waals surface area contributed by atoms with Crippen LogP contribution in [0, 0.1) is 49.4 Å². The predicted octanol–water partition coefficient (Wildman–Crippen LogP) is -1.94. The molecule has 0 amide bonds. The van der Waals surface area contributed by atoms with E-state index in [2.05, 4.69) is 0 Å². The van der Waals surface area contributed by atoms with Crippen molar-refractivity contribution in [2.45, 2.75) is 0 Å². The maximum Gasteiger partial charge on any atom is 3.00 e. The fourth-order valence-corrected chi connectivity index (χ4v) is 0. The van der Waals surface area contributed by atoms with Crippen molar-refractivity contribution in [1.29, 1.82) is 0 Å². The second-order valence-electron chi connectivity index (χ2n) is 0.469. The smallest absolute Gasteiger partial charge is 2.00 e. The molecule has 8 heteroatoms. The van der Waals surface area contributed by atoms with Crippen molar-refractivity contribution >= 4 is 7.82 Å². The van der Waals surface area contributed by atoms with Crippen LogP contribution in [0.1, 0.15) is 0 Å². The third-order valence-electron chi connectivity index (χ3n) is 0. The zero-order valence-electron chi connectivity index (χ0n) is 3.91. The van der Waals surface area contributed by atoms with E-state index >= 15 is 0 Å². The fourth-order valence-electron chi connectivity index (χ4n) is 0. The van der Waals surface area contributed by atoms with Gasteiger partial charge in [0.25, 0.3) is 0 Å². The number of rotatable bonds is 0. The van der Waals surface area contributed by atoms with Crippen LogP contribution in [0.25, 0.3) is 0 Å². The summed E-state index contributed by atoms with van der Waals surface area (Å²) in [5.74, 6) is 0. The molecule has 0 aromatic rings. The Morgan fingerprint density at radius 1 is 1.38 bits per heavy atom. The molecule has 52 valence electrons. The van der Waals surface area contributed by atoms with E-state index in [0.29, 0.717) is 0 Å². The molecule has 0 saturated carbocycles. The van der Waals surface area contributed by atoms with E-state index in [4.69, 9.17) is 19.2 Å². The molecule has 0 aromatic carbocycles. The molecule has 0 aliphatic carbocycles. The van der Waals surface area contributed by atoms with Gasteiger partial charge in [-0.3, -0.25) is 0 Å². The summed E-state index contributed by atoms with van der Waals surface area (Å²) in [4.78, 5) is 24.3. The van der Waals surface area contributed by atoms with E-state index in [9.17, 15) is 0 Å². The summed E-state index contributed by atoms with van der Waals surface area (Å²) in [7, 11) is -5.14. The van der Waals surface area contributed by atoms with Crippen LogP contribution < -0.4 is 15.9 Å². The molecule has 0 fully saturated rings. The molecule has 0 heterocycles. The van der Waals surface area contributed by atoms with Gasteiger partial charge in [0, 0.05) is 0 Å². The third-order valence-corrected chi connectivity index (χ3v) is 0. The average molecular weight is 282 g/mol. The SMILES string of the molecule is O=P([O-])([O-])O.[Eu+3].[NH4+].[O-2]. The van der Waals surface area contributed by atoms with Gasteiger partial charge in [-0.15, -0.1) is 0 Å². The van der Waals surface area contributed by atoms with Gasteiger partial charge >= 0.3 is 49.4 Å². The monoisotopic (exact) mass is 283 g/mol. The zero-order valence-corrected chi connectivity index (χ0v) is 7.22. The molecule has 5 N–H and O–H groups in total. The first-order valence-electron chi connectivity index (χ1n) is 0.748. The van der Waals surface area contributed by atoms with Crippen LogP contribution in [-0.2, 0) is 10.0 Å². The van der Waals surface area contributed by atoms with Crippen LogP contribution in [-0.4, -0.2) is 4.89 Å². The fraction of sp³-hybridized carbons (Fsp3) is 0. The number of quaternary nitrogens is 1. The molecule has 0 aromatic heterocycles. The van der Waals surface area contributed by atoms with Crippen molar-refractivity contribution in [3.8, 4) is 0 Å². The summed E-state index contributed by atoms with van der Waals surface area (Å²) in [6, 6.07) is 0. The summed E-state index contributed by atoms with van der Waals surface area (Å²) >= 11 is 0. The van der Waals surface area contributed by atoms with Gasteiger partial charge in [-0.25, -0.2) is 0 Å². The van der Waals surface area contributed by atoms with Crippen molar-refractivity contribution < 1.29 is 74.1 Å². The van der Waals surface area contributed by atoms with Crippen molar-refractivity contribution in [3.05, 3.63) is 0 Å². The van der Waals surface area contributed by atoms with Gasteiger partial charge in [-0.2, -0.15) is 0 Å². The van der Waals surface area contributed by atoms with E-state index < -0.39 is 7.82 Å². The standard InChI is InChI=1S/Eu.H3N.H3O4P.O/c;;1-5(2,3)4;/h;1H3;(H3,1,2,3,4);/q+3;;;-2/p-1. The second-order valence-corrected chi connectivity index (χ2v) is 1.41. The Hall–Kier alpha value is 1.61. The third kappa shape index (κ3) is 128. The van der Waals surface area contributed by atoms with Crippen molar-refractivity contribution in [2.75, 3.05) is 0 Å². The molecule has 0 rings (SSSR count). The number of hydrogen-bond donors (Lipinski definition) is 2. The summed E-state index contributed by atoms with van der Waals surface area (Å²) in [5.41, 5.74) is 0. The van der Waals surface area contributed by atoms with Gasteiger partial charge < -0.3 is 30.9 Å². The van der Waals surface area contributed by atoms with Gasteiger partial charge in [0.05, 0.1) is 7.82 Å². The van der Waals surface area contributed by atoms with E-state index in [1.807, 2.05) is 0 Å². The van der Waals surface area contributed by atoms with Gasteiger partial charge in [-0.05, 0) is 0 Å². The molecule has 8 heavy (non-hydrogen) atoms. The molecule has 0 bridgehead atoms. The van der Waals surface area contributed by atoms with E-state index in [1.165, 1.54) is 0 Å². The maximum absolute atomic E-state index is 8.66. The quantitative estimate of drug-likeness (QED) is 0.497. The number of phosphoric acid groups is 1. The first-order valence-corrected chi connectivity index (χ1v) is 2.24.